The Bertz CT molecular complexity index is 821. The summed E-state index contributed by atoms with van der Waals surface area (Å²) >= 11 is 0. The van der Waals surface area contributed by atoms with Crippen LogP contribution in [0.1, 0.15) is 88.8 Å². The Morgan fingerprint density at radius 2 is 1.65 bits per heavy atom. The molecule has 0 heterocycles. The first-order valence-electron chi connectivity index (χ1n) is 11.3. The molecule has 2 atom stereocenters. The van der Waals surface area contributed by atoms with Crippen LogP contribution in [0.15, 0.2) is 36.4 Å². The second-order valence-electron chi connectivity index (χ2n) is 9.44. The van der Waals surface area contributed by atoms with Gasteiger partial charge in [0.05, 0.1) is 6.61 Å². The van der Waals surface area contributed by atoms with Gasteiger partial charge in [0.2, 0.25) is 0 Å². The zero-order valence-electron chi connectivity index (χ0n) is 21.9. The minimum Gasteiger partial charge on any atom is -1.00 e. The van der Waals surface area contributed by atoms with Crippen molar-refractivity contribution in [3.05, 3.63) is 58.7 Å². The molecule has 2 aromatic rings. The van der Waals surface area contributed by atoms with Gasteiger partial charge < -0.3 is 6.16 Å². The molecule has 0 radical (unpaired) electrons. The predicted octanol–water partition coefficient (Wildman–Crippen LogP) is 4.46. The molecule has 0 spiro atoms. The molecule has 0 N–H and O–H groups in total. The Morgan fingerprint density at radius 3 is 2.13 bits per heavy atom. The molecule has 2 rings (SSSR count). The molecular formula is C27H40LiO2P. The van der Waals surface area contributed by atoms with Crippen molar-refractivity contribution in [2.45, 2.75) is 79.6 Å². The van der Waals surface area contributed by atoms with E-state index in [-0.39, 0.29) is 39.8 Å². The Labute approximate surface area is 205 Å². The minimum absolute atomic E-state index is 0. The summed E-state index contributed by atoms with van der Waals surface area (Å²) in [5.74, 6) is 1.52. The molecule has 0 amide bonds. The van der Waals surface area contributed by atoms with E-state index in [1.54, 1.807) is 0 Å². The summed E-state index contributed by atoms with van der Waals surface area (Å²) in [6.45, 7) is 16.0. The molecule has 0 saturated heterocycles. The largest absolute Gasteiger partial charge is 1.00 e. The standard InChI is InChI=1S/C27H39O2P.Li.H/c1-8-10-11-21(9-2)18-29-23-12-14-24(15-13-23)30-26(28)25-19(3)16-22(17-20(25)4)27(5,6)7;;/h12-17,21,30H,8-11,18H2,1-7H3;;/q;+1;-1. The topological polar surface area (TPSA) is 26.3 Å². The molecule has 0 fully saturated rings. The van der Waals surface area contributed by atoms with Crippen LogP contribution in [0, 0.1) is 19.8 Å². The zero-order valence-corrected chi connectivity index (χ0v) is 21.9. The first-order chi connectivity index (χ1) is 14.2. The van der Waals surface area contributed by atoms with Gasteiger partial charge in [0, 0.05) is 5.56 Å². The van der Waals surface area contributed by atoms with E-state index in [1.165, 1.54) is 24.8 Å². The summed E-state index contributed by atoms with van der Waals surface area (Å²) in [6.07, 6.45) is 4.88. The summed E-state index contributed by atoms with van der Waals surface area (Å²) in [5, 5.41) is 1.06. The summed E-state index contributed by atoms with van der Waals surface area (Å²) in [6, 6.07) is 12.4. The van der Waals surface area contributed by atoms with E-state index in [2.05, 4.69) is 60.6 Å². The van der Waals surface area contributed by atoms with Crippen LogP contribution in [0.4, 0.5) is 0 Å². The number of ether oxygens (including phenoxy) is 1. The Hall–Kier alpha value is -1.06. The van der Waals surface area contributed by atoms with Crippen molar-refractivity contribution in [3.8, 4) is 5.75 Å². The normalized spacial score (nSPS) is 12.6. The van der Waals surface area contributed by atoms with E-state index in [9.17, 15) is 4.79 Å². The Balaban J connectivity index is 0.00000480. The molecule has 0 aromatic heterocycles. The van der Waals surface area contributed by atoms with E-state index >= 15 is 0 Å². The van der Waals surface area contributed by atoms with Crippen LogP contribution in [0.5, 0.6) is 5.75 Å². The van der Waals surface area contributed by atoms with Crippen LogP contribution in [0.25, 0.3) is 0 Å². The van der Waals surface area contributed by atoms with Gasteiger partial charge in [0.1, 0.15) is 5.75 Å². The molecule has 0 bridgehead atoms. The van der Waals surface area contributed by atoms with E-state index in [1.807, 2.05) is 24.3 Å². The number of carbonyl (C=O) groups excluding carboxylic acids is 1. The van der Waals surface area contributed by atoms with Crippen molar-refractivity contribution in [1.82, 2.24) is 0 Å². The molecular weight excluding hydrogens is 394 g/mol. The van der Waals surface area contributed by atoms with Crippen molar-refractivity contribution in [2.75, 3.05) is 6.61 Å². The summed E-state index contributed by atoms with van der Waals surface area (Å²) < 4.78 is 6.00. The summed E-state index contributed by atoms with van der Waals surface area (Å²) in [5.41, 5.74) is 4.61. The van der Waals surface area contributed by atoms with Crippen LogP contribution in [-0.4, -0.2) is 12.1 Å². The van der Waals surface area contributed by atoms with Gasteiger partial charge in [-0.05, 0) is 74.3 Å². The molecule has 4 heteroatoms. The third-order valence-electron chi connectivity index (χ3n) is 5.77. The summed E-state index contributed by atoms with van der Waals surface area (Å²) in [4.78, 5) is 13.0. The van der Waals surface area contributed by atoms with Gasteiger partial charge in [0.25, 0.3) is 0 Å². The van der Waals surface area contributed by atoms with Crippen molar-refractivity contribution in [2.24, 2.45) is 5.92 Å². The molecule has 2 aromatic carbocycles. The maximum Gasteiger partial charge on any atom is 1.00 e. The number of hydrogen-bond donors (Lipinski definition) is 0. The fourth-order valence-corrected chi connectivity index (χ4v) is 4.81. The molecule has 0 aliphatic heterocycles. The minimum atomic E-state index is 0. The third kappa shape index (κ3) is 8.42. The van der Waals surface area contributed by atoms with Crippen LogP contribution in [0.3, 0.4) is 0 Å². The van der Waals surface area contributed by atoms with E-state index < -0.39 is 0 Å². The first kappa shape index (κ1) is 28.0. The molecule has 0 saturated carbocycles. The average Bonchev–Trinajstić information content (AvgIpc) is 2.68. The van der Waals surface area contributed by atoms with Gasteiger partial charge in [-0.15, -0.1) is 0 Å². The maximum atomic E-state index is 13.0. The quantitative estimate of drug-likeness (QED) is 0.408. The third-order valence-corrected chi connectivity index (χ3v) is 6.87. The number of hydrogen-bond acceptors (Lipinski definition) is 2. The second kappa shape index (κ2) is 12.8. The van der Waals surface area contributed by atoms with E-state index in [0.717, 1.165) is 40.8 Å². The van der Waals surface area contributed by atoms with Gasteiger partial charge in [-0.2, -0.15) is 0 Å². The number of unbranched alkanes of at least 4 members (excludes halogenated alkanes) is 1. The van der Waals surface area contributed by atoms with Gasteiger partial charge in [-0.25, -0.2) is 0 Å². The molecule has 2 unspecified atom stereocenters. The van der Waals surface area contributed by atoms with Crippen LogP contribution in [0.2, 0.25) is 0 Å². The first-order valence-corrected chi connectivity index (χ1v) is 12.3. The van der Waals surface area contributed by atoms with E-state index in [4.69, 9.17) is 4.74 Å². The van der Waals surface area contributed by atoms with Gasteiger partial charge in [0.15, 0.2) is 5.52 Å². The van der Waals surface area contributed by atoms with Crippen molar-refractivity contribution < 1.29 is 29.8 Å². The Morgan fingerprint density at radius 1 is 1.06 bits per heavy atom. The van der Waals surface area contributed by atoms with Gasteiger partial charge in [-0.1, -0.05) is 78.1 Å². The van der Waals surface area contributed by atoms with Gasteiger partial charge in [-0.3, -0.25) is 4.79 Å². The number of carbonyl (C=O) groups is 1. The van der Waals surface area contributed by atoms with Crippen LogP contribution < -0.4 is 28.9 Å². The maximum absolute atomic E-state index is 13.0. The van der Waals surface area contributed by atoms with Crippen molar-refractivity contribution >= 4 is 19.4 Å². The van der Waals surface area contributed by atoms with Gasteiger partial charge >= 0.3 is 18.9 Å². The predicted molar refractivity (Wildman–Crippen MR) is 133 cm³/mol. The number of benzene rings is 2. The zero-order chi connectivity index (χ0) is 22.3. The smallest absolute Gasteiger partial charge is 1.00 e. The average molecular weight is 435 g/mol. The molecule has 31 heavy (non-hydrogen) atoms. The monoisotopic (exact) mass is 434 g/mol. The fourth-order valence-electron chi connectivity index (χ4n) is 3.69. The second-order valence-corrected chi connectivity index (χ2v) is 10.7. The number of rotatable bonds is 10. The fraction of sp³-hybridized carbons (Fsp3) is 0.519. The number of aryl methyl sites for hydroxylation is 2. The van der Waals surface area contributed by atoms with E-state index in [0.29, 0.717) is 5.92 Å². The molecule has 0 aliphatic carbocycles. The Kier molecular flexibility index (Phi) is 11.6. The van der Waals surface area contributed by atoms with Crippen LogP contribution in [-0.2, 0) is 5.41 Å². The SMILES string of the molecule is CCCCC(CC)COc1ccc(PC(=O)c2c(C)cc(C(C)(C)C)cc2C)cc1.[H-].[Li+]. The molecule has 2 nitrogen and oxygen atoms in total. The molecule has 0 aliphatic rings. The molecule has 166 valence electrons. The van der Waals surface area contributed by atoms with Crippen molar-refractivity contribution in [3.63, 3.8) is 0 Å². The summed E-state index contributed by atoms with van der Waals surface area (Å²) in [7, 11) is 0.131. The van der Waals surface area contributed by atoms with Crippen LogP contribution >= 0.6 is 8.58 Å². The van der Waals surface area contributed by atoms with Crippen molar-refractivity contribution in [1.29, 1.82) is 0 Å².